The molecule has 0 fully saturated rings. The van der Waals surface area contributed by atoms with E-state index in [0.717, 1.165) is 19.4 Å². The van der Waals surface area contributed by atoms with Crippen molar-refractivity contribution in [2.45, 2.75) is 38.3 Å². The molecule has 0 bridgehead atoms. The zero-order valence-corrected chi connectivity index (χ0v) is 10.7. The number of nitrogens with zero attached hydrogens (tertiary/aromatic N) is 1. The lowest BCUT2D eigenvalue weighted by atomic mass is 9.94. The SMILES string of the molecule is NC1CCCc2c1ccn2CCc1cccs1. The predicted octanol–water partition coefficient (Wildman–Crippen LogP) is 3.13. The van der Waals surface area contributed by atoms with Crippen LogP contribution in [-0.2, 0) is 19.4 Å². The lowest BCUT2D eigenvalue weighted by Gasteiger charge is -2.20. The summed E-state index contributed by atoms with van der Waals surface area (Å²) in [6.07, 6.45) is 6.91. The highest BCUT2D eigenvalue weighted by atomic mass is 32.1. The Morgan fingerprint density at radius 2 is 2.35 bits per heavy atom. The van der Waals surface area contributed by atoms with Crippen LogP contribution in [0.2, 0.25) is 0 Å². The van der Waals surface area contributed by atoms with Gasteiger partial charge in [-0.3, -0.25) is 0 Å². The van der Waals surface area contributed by atoms with E-state index in [1.54, 1.807) is 0 Å². The molecule has 0 spiro atoms. The largest absolute Gasteiger partial charge is 0.351 e. The molecule has 1 atom stereocenters. The molecule has 3 rings (SSSR count). The lowest BCUT2D eigenvalue weighted by Crippen LogP contribution is -2.18. The minimum Gasteiger partial charge on any atom is -0.351 e. The molecule has 2 nitrogen and oxygen atoms in total. The van der Waals surface area contributed by atoms with Gasteiger partial charge in [-0.15, -0.1) is 11.3 Å². The van der Waals surface area contributed by atoms with Crippen molar-refractivity contribution in [3.63, 3.8) is 0 Å². The highest BCUT2D eigenvalue weighted by molar-refractivity contribution is 7.09. The van der Waals surface area contributed by atoms with Gasteiger partial charge in [-0.05, 0) is 48.8 Å². The maximum Gasteiger partial charge on any atom is 0.0312 e. The number of hydrogen-bond acceptors (Lipinski definition) is 2. The van der Waals surface area contributed by atoms with Crippen LogP contribution in [0, 0.1) is 0 Å². The highest BCUT2D eigenvalue weighted by Crippen LogP contribution is 2.28. The van der Waals surface area contributed by atoms with E-state index in [0.29, 0.717) is 0 Å². The average molecular weight is 246 g/mol. The number of hydrogen-bond donors (Lipinski definition) is 1. The third-order valence-electron chi connectivity index (χ3n) is 3.62. The fourth-order valence-electron chi connectivity index (χ4n) is 2.69. The van der Waals surface area contributed by atoms with Crippen molar-refractivity contribution in [2.75, 3.05) is 0 Å². The molecule has 2 aromatic rings. The Morgan fingerprint density at radius 3 is 3.18 bits per heavy atom. The molecule has 2 heterocycles. The third kappa shape index (κ3) is 2.17. The van der Waals surface area contributed by atoms with Crippen LogP contribution in [0.4, 0.5) is 0 Å². The summed E-state index contributed by atoms with van der Waals surface area (Å²) in [6, 6.07) is 6.82. The van der Waals surface area contributed by atoms with Crippen molar-refractivity contribution in [2.24, 2.45) is 5.73 Å². The molecule has 1 aliphatic rings. The number of rotatable bonds is 3. The molecule has 17 heavy (non-hydrogen) atoms. The van der Waals surface area contributed by atoms with Crippen molar-refractivity contribution < 1.29 is 0 Å². The summed E-state index contributed by atoms with van der Waals surface area (Å²) < 4.78 is 2.40. The van der Waals surface area contributed by atoms with Crippen molar-refractivity contribution in [3.05, 3.63) is 45.9 Å². The zero-order chi connectivity index (χ0) is 11.7. The number of fused-ring (bicyclic) bond motifs is 1. The summed E-state index contributed by atoms with van der Waals surface area (Å²) in [6.45, 7) is 1.09. The zero-order valence-electron chi connectivity index (χ0n) is 9.93. The Hall–Kier alpha value is -1.06. The van der Waals surface area contributed by atoms with Crippen LogP contribution in [0.3, 0.4) is 0 Å². The Balaban J connectivity index is 1.75. The van der Waals surface area contributed by atoms with Gasteiger partial charge in [0.05, 0.1) is 0 Å². The molecule has 0 amide bonds. The van der Waals surface area contributed by atoms with Gasteiger partial charge >= 0.3 is 0 Å². The summed E-state index contributed by atoms with van der Waals surface area (Å²) >= 11 is 1.84. The number of thiophene rings is 1. The Labute approximate surface area is 106 Å². The van der Waals surface area contributed by atoms with Crippen LogP contribution >= 0.6 is 11.3 Å². The number of nitrogens with two attached hydrogens (primary N) is 1. The molecule has 2 aromatic heterocycles. The van der Waals surface area contributed by atoms with Crippen molar-refractivity contribution >= 4 is 11.3 Å². The van der Waals surface area contributed by atoms with Gasteiger partial charge in [0.1, 0.15) is 0 Å². The van der Waals surface area contributed by atoms with Gasteiger partial charge in [0.2, 0.25) is 0 Å². The molecule has 0 radical (unpaired) electrons. The van der Waals surface area contributed by atoms with Crippen LogP contribution in [0.5, 0.6) is 0 Å². The minimum absolute atomic E-state index is 0.265. The fourth-order valence-corrected chi connectivity index (χ4v) is 3.39. The molecule has 0 aromatic carbocycles. The summed E-state index contributed by atoms with van der Waals surface area (Å²) in [4.78, 5) is 1.47. The summed E-state index contributed by atoms with van der Waals surface area (Å²) in [5.74, 6) is 0. The maximum absolute atomic E-state index is 6.14. The van der Waals surface area contributed by atoms with E-state index in [9.17, 15) is 0 Å². The third-order valence-corrected chi connectivity index (χ3v) is 4.56. The molecule has 0 aliphatic heterocycles. The second-order valence-electron chi connectivity index (χ2n) is 4.74. The molecule has 1 aliphatic carbocycles. The molecule has 90 valence electrons. The Kier molecular flexibility index (Phi) is 3.04. The van der Waals surface area contributed by atoms with E-state index in [1.165, 1.54) is 29.0 Å². The van der Waals surface area contributed by atoms with Gasteiger partial charge in [-0.25, -0.2) is 0 Å². The van der Waals surface area contributed by atoms with Crippen molar-refractivity contribution in [3.8, 4) is 0 Å². The van der Waals surface area contributed by atoms with E-state index in [1.807, 2.05) is 11.3 Å². The quantitative estimate of drug-likeness (QED) is 0.886. The van der Waals surface area contributed by atoms with E-state index in [4.69, 9.17) is 5.73 Å². The average Bonchev–Trinajstić information content (AvgIpc) is 2.95. The van der Waals surface area contributed by atoms with Crippen molar-refractivity contribution in [1.29, 1.82) is 0 Å². The molecular weight excluding hydrogens is 228 g/mol. The molecule has 1 unspecified atom stereocenters. The summed E-state index contributed by atoms with van der Waals surface area (Å²) in [5.41, 5.74) is 8.99. The van der Waals surface area contributed by atoms with Crippen LogP contribution in [-0.4, -0.2) is 4.57 Å². The second-order valence-corrected chi connectivity index (χ2v) is 5.77. The molecular formula is C14H18N2S. The van der Waals surface area contributed by atoms with Gasteiger partial charge in [0.15, 0.2) is 0 Å². The summed E-state index contributed by atoms with van der Waals surface area (Å²) in [5, 5.41) is 2.15. The summed E-state index contributed by atoms with van der Waals surface area (Å²) in [7, 11) is 0. The predicted molar refractivity (Wildman–Crippen MR) is 72.3 cm³/mol. The Bertz CT molecular complexity index is 484. The second kappa shape index (κ2) is 4.67. The van der Waals surface area contributed by atoms with Crippen LogP contribution in [0.1, 0.15) is 35.0 Å². The van der Waals surface area contributed by atoms with E-state index < -0.39 is 0 Å². The van der Waals surface area contributed by atoms with Crippen LogP contribution < -0.4 is 5.73 Å². The van der Waals surface area contributed by atoms with Crippen molar-refractivity contribution in [1.82, 2.24) is 4.57 Å². The van der Waals surface area contributed by atoms with E-state index in [2.05, 4.69) is 34.3 Å². The first-order valence-electron chi connectivity index (χ1n) is 6.30. The topological polar surface area (TPSA) is 30.9 Å². The first kappa shape index (κ1) is 11.1. The normalized spacial score (nSPS) is 19.2. The van der Waals surface area contributed by atoms with Crippen LogP contribution in [0.15, 0.2) is 29.8 Å². The van der Waals surface area contributed by atoms with E-state index >= 15 is 0 Å². The molecule has 2 N–H and O–H groups in total. The molecule has 0 saturated carbocycles. The monoisotopic (exact) mass is 246 g/mol. The first-order valence-corrected chi connectivity index (χ1v) is 7.18. The first-order chi connectivity index (χ1) is 8.34. The van der Waals surface area contributed by atoms with Crippen LogP contribution in [0.25, 0.3) is 0 Å². The van der Waals surface area contributed by atoms with E-state index in [-0.39, 0.29) is 6.04 Å². The van der Waals surface area contributed by atoms with Gasteiger partial charge < -0.3 is 10.3 Å². The number of aromatic nitrogens is 1. The smallest absolute Gasteiger partial charge is 0.0312 e. The molecule has 0 saturated heterocycles. The Morgan fingerprint density at radius 1 is 1.41 bits per heavy atom. The molecule has 3 heteroatoms. The van der Waals surface area contributed by atoms with Gasteiger partial charge in [0.25, 0.3) is 0 Å². The van der Waals surface area contributed by atoms with Gasteiger partial charge in [-0.2, -0.15) is 0 Å². The lowest BCUT2D eigenvalue weighted by molar-refractivity contribution is 0.539. The highest BCUT2D eigenvalue weighted by Gasteiger charge is 2.19. The maximum atomic E-state index is 6.14. The van der Waals surface area contributed by atoms with Gasteiger partial charge in [-0.1, -0.05) is 6.07 Å². The number of aryl methyl sites for hydroxylation is 2. The standard InChI is InChI=1S/C14H18N2S/c15-13-4-1-5-14-12(13)7-9-16(14)8-6-11-3-2-10-17-11/h2-3,7,9-10,13H,1,4-6,8,15H2. The minimum atomic E-state index is 0.265. The van der Waals surface area contributed by atoms with Gasteiger partial charge in [0, 0.05) is 29.4 Å². The fraction of sp³-hybridized carbons (Fsp3) is 0.429.